The second-order valence-electron chi connectivity index (χ2n) is 5.07. The molecule has 1 aliphatic heterocycles. The van der Waals surface area contributed by atoms with Gasteiger partial charge in [0.2, 0.25) is 0 Å². The van der Waals surface area contributed by atoms with E-state index in [0.29, 0.717) is 12.1 Å². The van der Waals surface area contributed by atoms with Crippen LogP contribution >= 0.6 is 0 Å². The van der Waals surface area contributed by atoms with Crippen molar-refractivity contribution in [1.29, 1.82) is 0 Å². The molecule has 0 radical (unpaired) electrons. The fourth-order valence-electron chi connectivity index (χ4n) is 2.60. The van der Waals surface area contributed by atoms with Gasteiger partial charge in [-0.2, -0.15) is 0 Å². The maximum absolute atomic E-state index is 3.41. The maximum Gasteiger partial charge on any atom is 0.0218 e. The minimum atomic E-state index is 0.614. The first kappa shape index (κ1) is 13.9. The van der Waals surface area contributed by atoms with Gasteiger partial charge in [0.1, 0.15) is 0 Å². The predicted octanol–water partition coefficient (Wildman–Crippen LogP) is 1.40. The van der Waals surface area contributed by atoms with E-state index in [4.69, 9.17) is 0 Å². The Labute approximate surface area is 101 Å². The van der Waals surface area contributed by atoms with Crippen LogP contribution in [0.1, 0.15) is 33.1 Å². The zero-order valence-electron chi connectivity index (χ0n) is 11.5. The number of hydrogen-bond acceptors (Lipinski definition) is 3. The largest absolute Gasteiger partial charge is 0.315 e. The summed E-state index contributed by atoms with van der Waals surface area (Å²) in [5.41, 5.74) is 0. The van der Waals surface area contributed by atoms with E-state index in [2.05, 4.69) is 43.1 Å². The Morgan fingerprint density at radius 1 is 1.31 bits per heavy atom. The van der Waals surface area contributed by atoms with Crippen LogP contribution < -0.4 is 5.32 Å². The van der Waals surface area contributed by atoms with Crippen molar-refractivity contribution in [2.75, 3.05) is 40.3 Å². The molecule has 0 amide bonds. The molecule has 0 aromatic carbocycles. The minimum Gasteiger partial charge on any atom is -0.315 e. The molecule has 16 heavy (non-hydrogen) atoms. The first-order valence-electron chi connectivity index (χ1n) is 6.79. The number of likely N-dealkylation sites (tertiary alicyclic amines) is 1. The van der Waals surface area contributed by atoms with E-state index < -0.39 is 0 Å². The molecule has 3 heteroatoms. The van der Waals surface area contributed by atoms with Gasteiger partial charge in [0.25, 0.3) is 0 Å². The molecular formula is C13H29N3. The van der Waals surface area contributed by atoms with Crippen LogP contribution in [0.15, 0.2) is 0 Å². The minimum absolute atomic E-state index is 0.614. The Kier molecular flexibility index (Phi) is 6.32. The van der Waals surface area contributed by atoms with Crippen molar-refractivity contribution in [1.82, 2.24) is 15.1 Å². The van der Waals surface area contributed by atoms with Gasteiger partial charge in [0.15, 0.2) is 0 Å². The molecule has 1 saturated heterocycles. The van der Waals surface area contributed by atoms with Crippen molar-refractivity contribution in [3.8, 4) is 0 Å². The SMILES string of the molecule is CCC(NC)C(C)N(C)CCN1CCCC1. The van der Waals surface area contributed by atoms with Gasteiger partial charge in [-0.15, -0.1) is 0 Å². The quantitative estimate of drug-likeness (QED) is 0.709. The molecule has 1 N–H and O–H groups in total. The van der Waals surface area contributed by atoms with E-state index in [1.807, 2.05) is 0 Å². The van der Waals surface area contributed by atoms with Crippen LogP contribution in [0.4, 0.5) is 0 Å². The zero-order chi connectivity index (χ0) is 12.0. The monoisotopic (exact) mass is 227 g/mol. The van der Waals surface area contributed by atoms with Crippen molar-refractivity contribution < 1.29 is 0 Å². The molecule has 1 rings (SSSR count). The third-order valence-electron chi connectivity index (χ3n) is 4.06. The summed E-state index contributed by atoms with van der Waals surface area (Å²) in [5.74, 6) is 0. The summed E-state index contributed by atoms with van der Waals surface area (Å²) in [7, 11) is 4.32. The molecule has 1 heterocycles. The predicted molar refractivity (Wildman–Crippen MR) is 70.9 cm³/mol. The van der Waals surface area contributed by atoms with Gasteiger partial charge in [0.05, 0.1) is 0 Å². The highest BCUT2D eigenvalue weighted by Gasteiger charge is 2.19. The van der Waals surface area contributed by atoms with Crippen LogP contribution in [0.25, 0.3) is 0 Å². The van der Waals surface area contributed by atoms with Gasteiger partial charge >= 0.3 is 0 Å². The summed E-state index contributed by atoms with van der Waals surface area (Å²) >= 11 is 0. The van der Waals surface area contributed by atoms with Gasteiger partial charge < -0.3 is 15.1 Å². The van der Waals surface area contributed by atoms with Crippen molar-refractivity contribution >= 4 is 0 Å². The van der Waals surface area contributed by atoms with Gasteiger partial charge in [-0.05, 0) is 53.4 Å². The van der Waals surface area contributed by atoms with Crippen LogP contribution in [0.5, 0.6) is 0 Å². The van der Waals surface area contributed by atoms with Crippen LogP contribution in [-0.2, 0) is 0 Å². The summed E-state index contributed by atoms with van der Waals surface area (Å²) in [5, 5.41) is 3.41. The average Bonchev–Trinajstić information content (AvgIpc) is 2.80. The molecule has 0 aromatic rings. The van der Waals surface area contributed by atoms with E-state index in [9.17, 15) is 0 Å². The molecule has 0 bridgehead atoms. The smallest absolute Gasteiger partial charge is 0.0218 e. The lowest BCUT2D eigenvalue weighted by molar-refractivity contribution is 0.182. The highest BCUT2D eigenvalue weighted by atomic mass is 15.2. The summed E-state index contributed by atoms with van der Waals surface area (Å²) in [6, 6.07) is 1.24. The summed E-state index contributed by atoms with van der Waals surface area (Å²) in [4.78, 5) is 5.08. The van der Waals surface area contributed by atoms with Crippen LogP contribution in [-0.4, -0.2) is 62.2 Å². The van der Waals surface area contributed by atoms with E-state index in [1.165, 1.54) is 45.4 Å². The van der Waals surface area contributed by atoms with Gasteiger partial charge in [-0.1, -0.05) is 6.92 Å². The van der Waals surface area contributed by atoms with Gasteiger partial charge in [-0.25, -0.2) is 0 Å². The number of likely N-dealkylation sites (N-methyl/N-ethyl adjacent to an activating group) is 2. The van der Waals surface area contributed by atoms with E-state index >= 15 is 0 Å². The third-order valence-corrected chi connectivity index (χ3v) is 4.06. The summed E-state index contributed by atoms with van der Waals surface area (Å²) in [6.45, 7) is 9.64. The topological polar surface area (TPSA) is 18.5 Å². The lowest BCUT2D eigenvalue weighted by Crippen LogP contribution is -2.47. The molecule has 0 aromatic heterocycles. The lowest BCUT2D eigenvalue weighted by atomic mass is 10.1. The van der Waals surface area contributed by atoms with Crippen LogP contribution in [0, 0.1) is 0 Å². The second-order valence-corrected chi connectivity index (χ2v) is 5.07. The molecule has 0 aliphatic carbocycles. The van der Waals surface area contributed by atoms with Crippen molar-refractivity contribution in [2.45, 2.75) is 45.2 Å². The fourth-order valence-corrected chi connectivity index (χ4v) is 2.60. The number of rotatable bonds is 7. The molecule has 1 fully saturated rings. The lowest BCUT2D eigenvalue weighted by Gasteiger charge is -2.32. The van der Waals surface area contributed by atoms with Crippen molar-refractivity contribution in [2.24, 2.45) is 0 Å². The summed E-state index contributed by atoms with van der Waals surface area (Å²) in [6.07, 6.45) is 3.99. The van der Waals surface area contributed by atoms with E-state index in [-0.39, 0.29) is 0 Å². The molecule has 1 aliphatic rings. The molecule has 96 valence electrons. The first-order valence-corrected chi connectivity index (χ1v) is 6.79. The Bertz CT molecular complexity index is 174. The maximum atomic E-state index is 3.41. The Morgan fingerprint density at radius 2 is 1.94 bits per heavy atom. The molecule has 0 saturated carbocycles. The zero-order valence-corrected chi connectivity index (χ0v) is 11.5. The third kappa shape index (κ3) is 4.04. The number of nitrogens with one attached hydrogen (secondary N) is 1. The van der Waals surface area contributed by atoms with Crippen molar-refractivity contribution in [3.05, 3.63) is 0 Å². The van der Waals surface area contributed by atoms with Gasteiger partial charge in [-0.3, -0.25) is 0 Å². The standard InChI is InChI=1S/C13H29N3/c1-5-13(14-3)12(2)15(4)10-11-16-8-6-7-9-16/h12-14H,5-11H2,1-4H3. The van der Waals surface area contributed by atoms with Crippen LogP contribution in [0.3, 0.4) is 0 Å². The van der Waals surface area contributed by atoms with Gasteiger partial charge in [0, 0.05) is 25.2 Å². The van der Waals surface area contributed by atoms with E-state index in [1.54, 1.807) is 0 Å². The highest BCUT2D eigenvalue weighted by Crippen LogP contribution is 2.09. The molecular weight excluding hydrogens is 198 g/mol. The van der Waals surface area contributed by atoms with E-state index in [0.717, 1.165) is 0 Å². The molecule has 2 atom stereocenters. The number of nitrogens with zero attached hydrogens (tertiary/aromatic N) is 2. The Morgan fingerprint density at radius 3 is 2.44 bits per heavy atom. The highest BCUT2D eigenvalue weighted by molar-refractivity contribution is 4.78. The molecule has 2 unspecified atom stereocenters. The summed E-state index contributed by atoms with van der Waals surface area (Å²) < 4.78 is 0. The molecule has 0 spiro atoms. The Hall–Kier alpha value is -0.120. The first-order chi connectivity index (χ1) is 7.69. The normalized spacial score (nSPS) is 21.6. The van der Waals surface area contributed by atoms with Crippen molar-refractivity contribution in [3.63, 3.8) is 0 Å². The van der Waals surface area contributed by atoms with Crippen LogP contribution in [0.2, 0.25) is 0 Å². The number of hydrogen-bond donors (Lipinski definition) is 1. The Balaban J connectivity index is 2.24. The second kappa shape index (κ2) is 7.25. The molecule has 3 nitrogen and oxygen atoms in total. The fraction of sp³-hybridized carbons (Fsp3) is 1.00. The average molecular weight is 227 g/mol.